The number of hydrogen-bond donors (Lipinski definition) is 1. The third-order valence-corrected chi connectivity index (χ3v) is 3.15. The maximum atomic E-state index is 12.1. The molecule has 3 rings (SSSR count). The Morgan fingerprint density at radius 2 is 2.04 bits per heavy atom. The minimum atomic E-state index is -0.481. The summed E-state index contributed by atoms with van der Waals surface area (Å²) in [5.41, 5.74) is 0. The summed E-state index contributed by atoms with van der Waals surface area (Å²) in [6.07, 6.45) is 6.06. The molecule has 3 aromatic rings. The molecular formula is C14H11ClN6O2. The number of carbonyl (C=O) groups excluding carboxylic acids is 1. The van der Waals surface area contributed by atoms with Crippen LogP contribution in [0.5, 0.6) is 5.75 Å². The number of rotatable bonds is 4. The smallest absolute Gasteiger partial charge is 0.294 e. The molecule has 0 saturated carbocycles. The molecule has 0 saturated heterocycles. The summed E-state index contributed by atoms with van der Waals surface area (Å²) in [4.78, 5) is 24.0. The Morgan fingerprint density at radius 3 is 2.74 bits per heavy atom. The van der Waals surface area contributed by atoms with Gasteiger partial charge in [0.1, 0.15) is 0 Å². The van der Waals surface area contributed by atoms with Gasteiger partial charge in [0.25, 0.3) is 5.91 Å². The minimum Gasteiger partial charge on any atom is -0.494 e. The van der Waals surface area contributed by atoms with E-state index in [-0.39, 0.29) is 5.82 Å². The fourth-order valence-electron chi connectivity index (χ4n) is 1.77. The highest BCUT2D eigenvalue weighted by Gasteiger charge is 2.12. The predicted octanol–water partition coefficient (Wildman–Crippen LogP) is 1.97. The normalized spacial score (nSPS) is 10.3. The number of aromatic nitrogens is 5. The maximum absolute atomic E-state index is 12.1. The summed E-state index contributed by atoms with van der Waals surface area (Å²) in [5.74, 6) is 0.795. The molecule has 0 aromatic carbocycles. The number of ether oxygens (including phenoxy) is 1. The van der Waals surface area contributed by atoms with Crippen molar-refractivity contribution >= 4 is 23.3 Å². The first-order valence-electron chi connectivity index (χ1n) is 6.51. The second kappa shape index (κ2) is 6.41. The molecule has 116 valence electrons. The van der Waals surface area contributed by atoms with Crippen LogP contribution in [0.1, 0.15) is 10.6 Å². The van der Waals surface area contributed by atoms with Gasteiger partial charge in [-0.05, 0) is 12.1 Å². The van der Waals surface area contributed by atoms with E-state index in [4.69, 9.17) is 16.3 Å². The lowest BCUT2D eigenvalue weighted by Crippen LogP contribution is -2.16. The number of nitrogens with zero attached hydrogens (tertiary/aromatic N) is 5. The van der Waals surface area contributed by atoms with E-state index in [1.165, 1.54) is 24.2 Å². The van der Waals surface area contributed by atoms with Crippen LogP contribution < -0.4 is 10.1 Å². The van der Waals surface area contributed by atoms with Crippen LogP contribution in [0.25, 0.3) is 5.82 Å². The van der Waals surface area contributed by atoms with Gasteiger partial charge in [-0.15, -0.1) is 5.10 Å². The molecule has 3 aromatic heterocycles. The third-order valence-electron chi connectivity index (χ3n) is 2.85. The van der Waals surface area contributed by atoms with E-state index in [9.17, 15) is 4.79 Å². The molecule has 1 amide bonds. The standard InChI is InChI=1S/C14H11ClN6O2/c1-23-9-7-17-12(18-8-9)14(22)19-11-4-6-21(20-11)13-10(15)3-2-5-16-13/h2-8H,1H3,(H,19,20,22). The topological polar surface area (TPSA) is 94.8 Å². The molecule has 0 aliphatic rings. The Morgan fingerprint density at radius 1 is 1.26 bits per heavy atom. The van der Waals surface area contributed by atoms with Crippen molar-refractivity contribution in [3.8, 4) is 11.6 Å². The molecule has 9 heteroatoms. The SMILES string of the molecule is COc1cnc(C(=O)Nc2ccn(-c3ncccc3Cl)n2)nc1. The van der Waals surface area contributed by atoms with Gasteiger partial charge in [-0.2, -0.15) is 0 Å². The third kappa shape index (κ3) is 3.27. The molecular weight excluding hydrogens is 320 g/mol. The van der Waals surface area contributed by atoms with Crippen molar-refractivity contribution in [2.45, 2.75) is 0 Å². The maximum Gasteiger partial charge on any atom is 0.294 e. The lowest BCUT2D eigenvalue weighted by Gasteiger charge is -2.03. The number of methoxy groups -OCH3 is 1. The molecule has 0 spiro atoms. The van der Waals surface area contributed by atoms with Gasteiger partial charge in [-0.3, -0.25) is 4.79 Å². The number of amides is 1. The van der Waals surface area contributed by atoms with Crippen molar-refractivity contribution in [2.75, 3.05) is 12.4 Å². The zero-order valence-corrected chi connectivity index (χ0v) is 12.7. The summed E-state index contributed by atoms with van der Waals surface area (Å²) in [7, 11) is 1.49. The Bertz CT molecular complexity index is 833. The van der Waals surface area contributed by atoms with Crippen molar-refractivity contribution in [2.24, 2.45) is 0 Å². The zero-order chi connectivity index (χ0) is 16.2. The van der Waals surface area contributed by atoms with Gasteiger partial charge in [0.05, 0.1) is 24.5 Å². The lowest BCUT2D eigenvalue weighted by atomic mass is 10.4. The zero-order valence-electron chi connectivity index (χ0n) is 12.0. The van der Waals surface area contributed by atoms with E-state index in [1.807, 2.05) is 0 Å². The molecule has 0 unspecified atom stereocenters. The van der Waals surface area contributed by atoms with Gasteiger partial charge in [0, 0.05) is 18.5 Å². The lowest BCUT2D eigenvalue weighted by molar-refractivity contribution is 0.101. The van der Waals surface area contributed by atoms with Gasteiger partial charge in [0.2, 0.25) is 5.82 Å². The van der Waals surface area contributed by atoms with E-state index < -0.39 is 5.91 Å². The molecule has 8 nitrogen and oxygen atoms in total. The average Bonchev–Trinajstić information content (AvgIpc) is 3.03. The number of anilines is 1. The second-order valence-electron chi connectivity index (χ2n) is 4.36. The van der Waals surface area contributed by atoms with E-state index in [0.29, 0.717) is 22.4 Å². The summed E-state index contributed by atoms with van der Waals surface area (Å²) in [6.45, 7) is 0. The van der Waals surface area contributed by atoms with Crippen LogP contribution in [0.4, 0.5) is 5.82 Å². The highest BCUT2D eigenvalue weighted by Crippen LogP contribution is 2.17. The van der Waals surface area contributed by atoms with Crippen LogP contribution in [0.3, 0.4) is 0 Å². The summed E-state index contributed by atoms with van der Waals surface area (Å²) in [5, 5.41) is 7.25. The quantitative estimate of drug-likeness (QED) is 0.786. The van der Waals surface area contributed by atoms with Gasteiger partial charge < -0.3 is 10.1 Å². The van der Waals surface area contributed by atoms with Crippen molar-refractivity contribution in [1.82, 2.24) is 24.7 Å². The Hall–Kier alpha value is -3.00. The van der Waals surface area contributed by atoms with Crippen LogP contribution in [0.2, 0.25) is 5.02 Å². The van der Waals surface area contributed by atoms with Crippen molar-refractivity contribution < 1.29 is 9.53 Å². The molecule has 0 bridgehead atoms. The van der Waals surface area contributed by atoms with Gasteiger partial charge >= 0.3 is 0 Å². The van der Waals surface area contributed by atoms with Gasteiger partial charge in [-0.1, -0.05) is 11.6 Å². The van der Waals surface area contributed by atoms with Crippen molar-refractivity contribution in [3.05, 3.63) is 53.8 Å². The first kappa shape index (κ1) is 14.9. The number of carbonyl (C=O) groups is 1. The summed E-state index contributed by atoms with van der Waals surface area (Å²) in [6, 6.07) is 5.04. The first-order chi connectivity index (χ1) is 11.2. The summed E-state index contributed by atoms with van der Waals surface area (Å²) < 4.78 is 6.40. The number of pyridine rings is 1. The Kier molecular flexibility index (Phi) is 4.15. The number of halogens is 1. The van der Waals surface area contributed by atoms with Gasteiger partial charge in [0.15, 0.2) is 17.4 Å². The van der Waals surface area contributed by atoms with E-state index >= 15 is 0 Å². The van der Waals surface area contributed by atoms with Gasteiger partial charge in [-0.25, -0.2) is 19.6 Å². The molecule has 0 aliphatic carbocycles. The Balaban J connectivity index is 1.76. The molecule has 0 aliphatic heterocycles. The monoisotopic (exact) mass is 330 g/mol. The van der Waals surface area contributed by atoms with E-state index in [0.717, 1.165) is 0 Å². The first-order valence-corrected chi connectivity index (χ1v) is 6.89. The average molecular weight is 331 g/mol. The minimum absolute atomic E-state index is 0.0104. The van der Waals surface area contributed by atoms with Crippen molar-refractivity contribution in [1.29, 1.82) is 0 Å². The number of hydrogen-bond acceptors (Lipinski definition) is 6. The van der Waals surface area contributed by atoms with Crippen LogP contribution in [0, 0.1) is 0 Å². The molecule has 3 heterocycles. The molecule has 1 N–H and O–H groups in total. The molecule has 0 atom stereocenters. The van der Waals surface area contributed by atoms with Crippen molar-refractivity contribution in [3.63, 3.8) is 0 Å². The molecule has 0 radical (unpaired) electrons. The second-order valence-corrected chi connectivity index (χ2v) is 4.76. The summed E-state index contributed by atoms with van der Waals surface area (Å²) >= 11 is 6.06. The fraction of sp³-hybridized carbons (Fsp3) is 0.0714. The number of nitrogens with one attached hydrogen (secondary N) is 1. The molecule has 23 heavy (non-hydrogen) atoms. The van der Waals surface area contributed by atoms with Crippen LogP contribution >= 0.6 is 11.6 Å². The predicted molar refractivity (Wildman–Crippen MR) is 82.9 cm³/mol. The van der Waals surface area contributed by atoms with Crippen LogP contribution in [-0.4, -0.2) is 37.7 Å². The van der Waals surface area contributed by atoms with E-state index in [2.05, 4.69) is 25.4 Å². The van der Waals surface area contributed by atoms with Crippen LogP contribution in [0.15, 0.2) is 43.0 Å². The van der Waals surface area contributed by atoms with Crippen LogP contribution in [-0.2, 0) is 0 Å². The highest BCUT2D eigenvalue weighted by molar-refractivity contribution is 6.32. The fourth-order valence-corrected chi connectivity index (χ4v) is 1.97. The van der Waals surface area contributed by atoms with E-state index in [1.54, 1.807) is 30.6 Å². The largest absolute Gasteiger partial charge is 0.494 e. The highest BCUT2D eigenvalue weighted by atomic mass is 35.5. The Labute approximate surface area is 136 Å². The molecule has 0 fully saturated rings.